The Hall–Kier alpha value is -1.29. The predicted octanol–water partition coefficient (Wildman–Crippen LogP) is 3.94. The highest BCUT2D eigenvalue weighted by atomic mass is 28.4. The summed E-state index contributed by atoms with van der Waals surface area (Å²) in [7, 11) is -1.68. The molecule has 0 aromatic carbocycles. The average Bonchev–Trinajstić information content (AvgIpc) is 2.34. The van der Waals surface area contributed by atoms with E-state index in [0.717, 1.165) is 19.1 Å². The van der Waals surface area contributed by atoms with Gasteiger partial charge in [-0.05, 0) is 36.7 Å². The van der Waals surface area contributed by atoms with Crippen molar-refractivity contribution in [3.05, 3.63) is 12.2 Å². The van der Waals surface area contributed by atoms with Crippen LogP contribution in [0.3, 0.4) is 0 Å². The summed E-state index contributed by atoms with van der Waals surface area (Å²) >= 11 is 0. The molecule has 0 aliphatic rings. The summed E-state index contributed by atoms with van der Waals surface area (Å²) in [6, 6.07) is 0. The maximum atomic E-state index is 10.1. The maximum Gasteiger partial charge on any atom is 0.193 e. The zero-order valence-corrected chi connectivity index (χ0v) is 14.4. The zero-order chi connectivity index (χ0) is 15.5. The minimum atomic E-state index is -1.68. The van der Waals surface area contributed by atoms with Crippen molar-refractivity contribution in [2.75, 3.05) is 6.61 Å². The van der Waals surface area contributed by atoms with Crippen molar-refractivity contribution in [2.24, 2.45) is 0 Å². The Morgan fingerprint density at radius 3 is 2.25 bits per heavy atom. The molecule has 0 aliphatic heterocycles. The smallest absolute Gasteiger partial charge is 0.193 e. The molecule has 0 aromatic heterocycles. The molecule has 0 amide bonds. The number of carbonyl (C=O) groups is 1. The number of unbranched alkanes of at least 4 members (excludes halogenated alkanes) is 2. The fourth-order valence-electron chi connectivity index (χ4n) is 1.02. The van der Waals surface area contributed by atoms with Crippen molar-refractivity contribution >= 4 is 14.6 Å². The molecule has 3 heteroatoms. The van der Waals surface area contributed by atoms with E-state index in [9.17, 15) is 4.79 Å². The van der Waals surface area contributed by atoms with Gasteiger partial charge in [0, 0.05) is 12.8 Å². The quantitative estimate of drug-likeness (QED) is 0.332. The Morgan fingerprint density at radius 2 is 1.70 bits per heavy atom. The molecule has 2 nitrogen and oxygen atoms in total. The van der Waals surface area contributed by atoms with Gasteiger partial charge in [-0.3, -0.25) is 0 Å². The molecule has 0 atom stereocenters. The number of allylic oxidation sites excluding steroid dienone is 2. The lowest BCUT2D eigenvalue weighted by Gasteiger charge is -2.35. The molecular formula is C17H26O2Si. The highest BCUT2D eigenvalue weighted by Crippen LogP contribution is 2.36. The first-order chi connectivity index (χ1) is 9.31. The Morgan fingerprint density at radius 1 is 1.10 bits per heavy atom. The van der Waals surface area contributed by atoms with Crippen LogP contribution in [0.4, 0.5) is 0 Å². The summed E-state index contributed by atoms with van der Waals surface area (Å²) in [5.41, 5.74) is 0. The first kappa shape index (κ1) is 18.7. The molecule has 20 heavy (non-hydrogen) atoms. The van der Waals surface area contributed by atoms with E-state index in [1.807, 2.05) is 0 Å². The van der Waals surface area contributed by atoms with E-state index in [4.69, 9.17) is 4.43 Å². The Balaban J connectivity index is 3.97. The van der Waals surface area contributed by atoms with E-state index in [1.54, 1.807) is 12.2 Å². The van der Waals surface area contributed by atoms with Crippen LogP contribution >= 0.6 is 0 Å². The van der Waals surface area contributed by atoms with Gasteiger partial charge in [0.15, 0.2) is 8.32 Å². The summed E-state index contributed by atoms with van der Waals surface area (Å²) in [4.78, 5) is 10.1. The molecule has 0 saturated heterocycles. The average molecular weight is 290 g/mol. The maximum absolute atomic E-state index is 10.1. The van der Waals surface area contributed by atoms with Crippen LogP contribution in [-0.2, 0) is 9.22 Å². The van der Waals surface area contributed by atoms with Crippen molar-refractivity contribution in [1.29, 1.82) is 0 Å². The van der Waals surface area contributed by atoms with E-state index in [-0.39, 0.29) is 5.04 Å². The standard InChI is InChI=1S/C17H26O2Si/c1-17(2,3)20(4,5)19-16-14-12-10-8-6-7-9-11-13-15-18/h8,10,15H,9,11,13,16H2,1-5H3/b10-8-. The molecule has 0 aromatic rings. The largest absolute Gasteiger partial charge is 0.406 e. The third-order valence-electron chi connectivity index (χ3n) is 3.39. The predicted molar refractivity (Wildman–Crippen MR) is 87.8 cm³/mol. The monoisotopic (exact) mass is 290 g/mol. The van der Waals surface area contributed by atoms with E-state index >= 15 is 0 Å². The second kappa shape index (κ2) is 9.59. The zero-order valence-electron chi connectivity index (χ0n) is 13.4. The molecular weight excluding hydrogens is 264 g/mol. The molecule has 0 unspecified atom stereocenters. The lowest BCUT2D eigenvalue weighted by Crippen LogP contribution is -2.40. The summed E-state index contributed by atoms with van der Waals surface area (Å²) in [5, 5.41) is 0.220. The van der Waals surface area contributed by atoms with Gasteiger partial charge in [0.1, 0.15) is 6.29 Å². The number of rotatable bonds is 5. The van der Waals surface area contributed by atoms with Gasteiger partial charge in [0.25, 0.3) is 0 Å². The van der Waals surface area contributed by atoms with Crippen LogP contribution in [0.25, 0.3) is 0 Å². The third-order valence-corrected chi connectivity index (χ3v) is 7.87. The second-order valence-electron chi connectivity index (χ2n) is 6.08. The number of hydrogen-bond acceptors (Lipinski definition) is 2. The Kier molecular flexibility index (Phi) is 8.97. The van der Waals surface area contributed by atoms with Gasteiger partial charge in [-0.2, -0.15) is 0 Å². The first-order valence-electron chi connectivity index (χ1n) is 7.00. The van der Waals surface area contributed by atoms with Crippen molar-refractivity contribution < 1.29 is 9.22 Å². The van der Waals surface area contributed by atoms with E-state index in [1.165, 1.54) is 0 Å². The summed E-state index contributed by atoms with van der Waals surface area (Å²) in [6.07, 6.45) is 6.57. The minimum absolute atomic E-state index is 0.220. The molecule has 0 bridgehead atoms. The summed E-state index contributed by atoms with van der Waals surface area (Å²) < 4.78 is 5.93. The van der Waals surface area contributed by atoms with Crippen LogP contribution in [0.1, 0.15) is 40.0 Å². The van der Waals surface area contributed by atoms with Gasteiger partial charge in [0.2, 0.25) is 0 Å². The number of carbonyl (C=O) groups excluding carboxylic acids is 1. The SMILES string of the molecule is CC(C)(C)[Si](C)(C)OCC#C/C=C\C#CCCCC=O. The molecule has 0 aliphatic carbocycles. The van der Waals surface area contributed by atoms with Gasteiger partial charge < -0.3 is 9.22 Å². The van der Waals surface area contributed by atoms with Crippen LogP contribution in [-0.4, -0.2) is 21.2 Å². The van der Waals surface area contributed by atoms with Crippen LogP contribution in [0.5, 0.6) is 0 Å². The van der Waals surface area contributed by atoms with Crippen molar-refractivity contribution in [3.63, 3.8) is 0 Å². The Labute approximate surface area is 125 Å². The topological polar surface area (TPSA) is 26.3 Å². The first-order valence-corrected chi connectivity index (χ1v) is 9.91. The Bertz CT molecular complexity index is 434. The molecule has 0 radical (unpaired) electrons. The fourth-order valence-corrected chi connectivity index (χ4v) is 1.89. The van der Waals surface area contributed by atoms with Gasteiger partial charge in [0.05, 0.1) is 6.61 Å². The molecule has 0 heterocycles. The minimum Gasteiger partial charge on any atom is -0.406 e. The normalized spacial score (nSPS) is 11.4. The fraction of sp³-hybridized carbons (Fsp3) is 0.588. The van der Waals surface area contributed by atoms with Gasteiger partial charge in [-0.25, -0.2) is 0 Å². The number of hydrogen-bond donors (Lipinski definition) is 0. The van der Waals surface area contributed by atoms with Crippen LogP contribution in [0.2, 0.25) is 18.1 Å². The molecule has 0 fully saturated rings. The van der Waals surface area contributed by atoms with E-state index in [2.05, 4.69) is 57.5 Å². The van der Waals surface area contributed by atoms with Gasteiger partial charge in [-0.1, -0.05) is 44.5 Å². The summed E-state index contributed by atoms with van der Waals surface area (Å²) in [6.45, 7) is 11.6. The molecule has 0 N–H and O–H groups in total. The lowest BCUT2D eigenvalue weighted by atomic mass is 10.2. The molecule has 0 saturated carbocycles. The van der Waals surface area contributed by atoms with Crippen LogP contribution < -0.4 is 0 Å². The molecule has 0 spiro atoms. The van der Waals surface area contributed by atoms with E-state index < -0.39 is 8.32 Å². The van der Waals surface area contributed by atoms with Crippen LogP contribution in [0, 0.1) is 23.7 Å². The number of aldehydes is 1. The second-order valence-corrected chi connectivity index (χ2v) is 10.9. The van der Waals surface area contributed by atoms with Gasteiger partial charge >= 0.3 is 0 Å². The summed E-state index contributed by atoms with van der Waals surface area (Å²) in [5.74, 6) is 11.8. The molecule has 110 valence electrons. The molecule has 0 rings (SSSR count). The van der Waals surface area contributed by atoms with E-state index in [0.29, 0.717) is 13.0 Å². The highest BCUT2D eigenvalue weighted by molar-refractivity contribution is 6.74. The van der Waals surface area contributed by atoms with Gasteiger partial charge in [-0.15, -0.1) is 0 Å². The third kappa shape index (κ3) is 8.75. The lowest BCUT2D eigenvalue weighted by molar-refractivity contribution is -0.107. The van der Waals surface area contributed by atoms with Crippen molar-refractivity contribution in [1.82, 2.24) is 0 Å². The van der Waals surface area contributed by atoms with Crippen LogP contribution in [0.15, 0.2) is 12.2 Å². The van der Waals surface area contributed by atoms with Crippen molar-refractivity contribution in [3.8, 4) is 23.7 Å². The van der Waals surface area contributed by atoms with Crippen molar-refractivity contribution in [2.45, 2.75) is 58.2 Å². The highest BCUT2D eigenvalue weighted by Gasteiger charge is 2.36.